The maximum Gasteiger partial charge on any atom is 0.334 e. The number of nitrogens with zero attached hydrogens (tertiary/aromatic N) is 1. The zero-order valence-corrected chi connectivity index (χ0v) is 7.97. The van der Waals surface area contributed by atoms with Gasteiger partial charge in [0.2, 0.25) is 5.91 Å². The number of carboxylic acids is 1. The van der Waals surface area contributed by atoms with E-state index < -0.39 is 12.1 Å². The number of rotatable bonds is 2. The van der Waals surface area contributed by atoms with Crippen molar-refractivity contribution in [1.82, 2.24) is 4.90 Å². The molecule has 1 rings (SSSR count). The van der Waals surface area contributed by atoms with E-state index in [0.29, 0.717) is 6.54 Å². The lowest BCUT2D eigenvalue weighted by Crippen LogP contribution is -2.48. The number of carboxylic acid groups (broad SMARTS) is 1. The number of morpholine rings is 1. The van der Waals surface area contributed by atoms with E-state index in [1.807, 2.05) is 0 Å². The quantitative estimate of drug-likeness (QED) is 0.629. The first kappa shape index (κ1) is 10.7. The van der Waals surface area contributed by atoms with Crippen LogP contribution >= 0.6 is 0 Å². The minimum atomic E-state index is -1.03. The van der Waals surface area contributed by atoms with Crippen LogP contribution in [-0.4, -0.2) is 47.7 Å². The number of amides is 1. The van der Waals surface area contributed by atoms with Crippen LogP contribution in [0.4, 0.5) is 0 Å². The van der Waals surface area contributed by atoms with Gasteiger partial charge < -0.3 is 14.7 Å². The summed E-state index contributed by atoms with van der Waals surface area (Å²) in [6.45, 7) is 2.60. The smallest absolute Gasteiger partial charge is 0.334 e. The molecule has 0 spiro atoms. The van der Waals surface area contributed by atoms with Crippen molar-refractivity contribution >= 4 is 11.9 Å². The molecule has 0 aliphatic carbocycles. The van der Waals surface area contributed by atoms with Gasteiger partial charge in [-0.2, -0.15) is 0 Å². The standard InChI is InChI=1S/C9H13NO4/c1-2-3-8(11)10-4-5-14-7(6-10)9(12)13/h2-3,7H,4-6H2,1H3,(H,12,13). The number of hydrogen-bond donors (Lipinski definition) is 1. The Labute approximate surface area is 82.0 Å². The summed E-state index contributed by atoms with van der Waals surface area (Å²) < 4.78 is 4.98. The van der Waals surface area contributed by atoms with Crippen molar-refractivity contribution in [3.8, 4) is 0 Å². The second kappa shape index (κ2) is 4.76. The van der Waals surface area contributed by atoms with Crippen LogP contribution < -0.4 is 0 Å². The van der Waals surface area contributed by atoms with E-state index >= 15 is 0 Å². The van der Waals surface area contributed by atoms with E-state index in [1.165, 1.54) is 11.0 Å². The Balaban J connectivity index is 2.55. The highest BCUT2D eigenvalue weighted by atomic mass is 16.5. The molecule has 5 nitrogen and oxygen atoms in total. The van der Waals surface area contributed by atoms with E-state index in [1.54, 1.807) is 13.0 Å². The summed E-state index contributed by atoms with van der Waals surface area (Å²) in [5.41, 5.74) is 0. The number of ether oxygens (including phenoxy) is 1. The van der Waals surface area contributed by atoms with Crippen LogP contribution in [0.2, 0.25) is 0 Å². The topological polar surface area (TPSA) is 66.8 Å². The molecule has 1 aliphatic heterocycles. The number of allylic oxidation sites excluding steroid dienone is 1. The average molecular weight is 199 g/mol. The zero-order valence-electron chi connectivity index (χ0n) is 7.97. The fourth-order valence-electron chi connectivity index (χ4n) is 1.25. The molecule has 0 radical (unpaired) electrons. The second-order valence-corrected chi connectivity index (χ2v) is 2.98. The first-order valence-electron chi connectivity index (χ1n) is 4.41. The molecule has 1 N–H and O–H groups in total. The third kappa shape index (κ3) is 2.56. The molecule has 78 valence electrons. The molecule has 0 aromatic rings. The fraction of sp³-hybridized carbons (Fsp3) is 0.556. The Morgan fingerprint density at radius 1 is 1.57 bits per heavy atom. The minimum absolute atomic E-state index is 0.124. The Bertz CT molecular complexity index is 262. The first-order valence-corrected chi connectivity index (χ1v) is 4.41. The Morgan fingerprint density at radius 3 is 2.86 bits per heavy atom. The predicted octanol–water partition coefficient (Wildman–Crippen LogP) is -0.126. The van der Waals surface area contributed by atoms with Crippen molar-refractivity contribution in [3.63, 3.8) is 0 Å². The van der Waals surface area contributed by atoms with Gasteiger partial charge in [0.15, 0.2) is 6.10 Å². The van der Waals surface area contributed by atoms with Gasteiger partial charge in [-0.1, -0.05) is 6.08 Å². The third-order valence-electron chi connectivity index (χ3n) is 1.96. The molecule has 1 aliphatic rings. The highest BCUT2D eigenvalue weighted by molar-refractivity contribution is 5.88. The van der Waals surface area contributed by atoms with E-state index in [9.17, 15) is 9.59 Å². The molecule has 1 saturated heterocycles. The van der Waals surface area contributed by atoms with Crippen LogP contribution in [0.1, 0.15) is 6.92 Å². The SMILES string of the molecule is CC=CC(=O)N1CCOC(C(=O)O)C1. The largest absolute Gasteiger partial charge is 0.479 e. The van der Waals surface area contributed by atoms with Crippen LogP contribution in [0, 0.1) is 0 Å². The van der Waals surface area contributed by atoms with Crippen molar-refractivity contribution < 1.29 is 19.4 Å². The molecule has 5 heteroatoms. The zero-order chi connectivity index (χ0) is 10.6. The molecular weight excluding hydrogens is 186 g/mol. The van der Waals surface area contributed by atoms with E-state index in [0.717, 1.165) is 0 Å². The van der Waals surface area contributed by atoms with Gasteiger partial charge in [-0.3, -0.25) is 4.79 Å². The van der Waals surface area contributed by atoms with Gasteiger partial charge in [0.05, 0.1) is 13.2 Å². The monoisotopic (exact) mass is 199 g/mol. The second-order valence-electron chi connectivity index (χ2n) is 2.98. The summed E-state index contributed by atoms with van der Waals surface area (Å²) in [6.07, 6.45) is 2.16. The Hall–Kier alpha value is -1.36. The number of carbonyl (C=O) groups is 2. The van der Waals surface area contributed by atoms with Crippen LogP contribution in [0.5, 0.6) is 0 Å². The number of carbonyl (C=O) groups excluding carboxylic acids is 1. The van der Waals surface area contributed by atoms with Gasteiger partial charge in [-0.15, -0.1) is 0 Å². The minimum Gasteiger partial charge on any atom is -0.479 e. The molecule has 0 saturated carbocycles. The predicted molar refractivity (Wildman–Crippen MR) is 48.8 cm³/mol. The summed E-state index contributed by atoms with van der Waals surface area (Å²) in [6, 6.07) is 0. The van der Waals surface area contributed by atoms with Crippen molar-refractivity contribution in [2.75, 3.05) is 19.7 Å². The van der Waals surface area contributed by atoms with E-state index in [4.69, 9.17) is 9.84 Å². The van der Waals surface area contributed by atoms with E-state index in [-0.39, 0.29) is 19.1 Å². The molecule has 1 unspecified atom stereocenters. The highest BCUT2D eigenvalue weighted by Gasteiger charge is 2.27. The van der Waals surface area contributed by atoms with Gasteiger partial charge in [-0.25, -0.2) is 4.79 Å². The van der Waals surface area contributed by atoms with E-state index in [2.05, 4.69) is 0 Å². The maximum atomic E-state index is 11.4. The van der Waals surface area contributed by atoms with Crippen LogP contribution in [-0.2, 0) is 14.3 Å². The summed E-state index contributed by atoms with van der Waals surface area (Å²) in [7, 11) is 0. The lowest BCUT2D eigenvalue weighted by atomic mass is 10.2. The normalized spacial score (nSPS) is 22.6. The average Bonchev–Trinajstić information content (AvgIpc) is 2.18. The molecule has 0 bridgehead atoms. The van der Waals surface area contributed by atoms with Gasteiger partial charge in [-0.05, 0) is 13.0 Å². The first-order chi connectivity index (χ1) is 6.65. The number of aliphatic carboxylic acids is 1. The Morgan fingerprint density at radius 2 is 2.29 bits per heavy atom. The molecule has 1 fully saturated rings. The summed E-state index contributed by atoms with van der Waals surface area (Å²) in [4.78, 5) is 23.4. The maximum absolute atomic E-state index is 11.4. The van der Waals surface area contributed by atoms with Gasteiger partial charge >= 0.3 is 5.97 Å². The molecular formula is C9H13NO4. The summed E-state index contributed by atoms with van der Waals surface area (Å²) in [5, 5.41) is 8.69. The highest BCUT2D eigenvalue weighted by Crippen LogP contribution is 2.05. The molecule has 0 aromatic carbocycles. The fourth-order valence-corrected chi connectivity index (χ4v) is 1.25. The van der Waals surface area contributed by atoms with Crippen LogP contribution in [0.15, 0.2) is 12.2 Å². The molecule has 1 atom stereocenters. The molecule has 0 aromatic heterocycles. The lowest BCUT2D eigenvalue weighted by Gasteiger charge is -2.29. The number of hydrogen-bond acceptors (Lipinski definition) is 3. The van der Waals surface area contributed by atoms with Crippen molar-refractivity contribution in [2.45, 2.75) is 13.0 Å². The van der Waals surface area contributed by atoms with Crippen LogP contribution in [0.25, 0.3) is 0 Å². The van der Waals surface area contributed by atoms with Gasteiger partial charge in [0, 0.05) is 6.54 Å². The van der Waals surface area contributed by atoms with Crippen LogP contribution in [0.3, 0.4) is 0 Å². The molecule has 1 heterocycles. The van der Waals surface area contributed by atoms with Gasteiger partial charge in [0.1, 0.15) is 0 Å². The third-order valence-corrected chi connectivity index (χ3v) is 1.96. The van der Waals surface area contributed by atoms with Gasteiger partial charge in [0.25, 0.3) is 0 Å². The van der Waals surface area contributed by atoms with Crippen molar-refractivity contribution in [1.29, 1.82) is 0 Å². The molecule has 14 heavy (non-hydrogen) atoms. The summed E-state index contributed by atoms with van der Waals surface area (Å²) in [5.74, 6) is -1.19. The van der Waals surface area contributed by atoms with Crippen molar-refractivity contribution in [2.24, 2.45) is 0 Å². The van der Waals surface area contributed by atoms with Crippen molar-refractivity contribution in [3.05, 3.63) is 12.2 Å². The molecule has 1 amide bonds. The lowest BCUT2D eigenvalue weighted by molar-refractivity contribution is -0.158. The summed E-state index contributed by atoms with van der Waals surface area (Å²) >= 11 is 0. The Kier molecular flexibility index (Phi) is 3.64.